The molecule has 7 nitrogen and oxygen atoms in total. The zero-order chi connectivity index (χ0) is 13.0. The maximum atomic E-state index is 10.3. The van der Waals surface area contributed by atoms with E-state index in [0.29, 0.717) is 24.6 Å². The molecule has 2 heterocycles. The van der Waals surface area contributed by atoms with Gasteiger partial charge in [0.1, 0.15) is 5.69 Å². The first-order valence-electron chi connectivity index (χ1n) is 5.68. The van der Waals surface area contributed by atoms with Crippen LogP contribution in [0.15, 0.2) is 17.0 Å². The molecule has 0 aliphatic heterocycles. The lowest BCUT2D eigenvalue weighted by atomic mass is 10.2. The number of aliphatic carboxylic acids is 1. The van der Waals surface area contributed by atoms with Crippen LogP contribution in [0.1, 0.15) is 25.2 Å². The molecule has 7 heteroatoms. The number of aromatic nitrogens is 4. The van der Waals surface area contributed by atoms with Crippen molar-refractivity contribution in [1.82, 2.24) is 19.7 Å². The third-order valence-electron chi connectivity index (χ3n) is 2.55. The number of nitrogens with zero attached hydrogens (tertiary/aromatic N) is 4. The van der Waals surface area contributed by atoms with Crippen LogP contribution in [0.5, 0.6) is 0 Å². The first-order valence-corrected chi connectivity index (χ1v) is 5.68. The lowest BCUT2D eigenvalue weighted by Gasteiger charge is -1.94. The Kier molecular flexibility index (Phi) is 3.71. The summed E-state index contributed by atoms with van der Waals surface area (Å²) in [4.78, 5) is 18.6. The van der Waals surface area contributed by atoms with E-state index < -0.39 is 5.97 Å². The average Bonchev–Trinajstić information content (AvgIpc) is 2.92. The van der Waals surface area contributed by atoms with Crippen molar-refractivity contribution in [3.05, 3.63) is 18.4 Å². The minimum absolute atomic E-state index is 0.169. The minimum Gasteiger partial charge on any atom is -0.481 e. The predicted octanol–water partition coefficient (Wildman–Crippen LogP) is 1.27. The Balaban J connectivity index is 1.91. The van der Waals surface area contributed by atoms with Gasteiger partial charge in [-0.25, -0.2) is 4.98 Å². The van der Waals surface area contributed by atoms with Gasteiger partial charge >= 0.3 is 5.97 Å². The summed E-state index contributed by atoms with van der Waals surface area (Å²) in [7, 11) is 1.85. The van der Waals surface area contributed by atoms with E-state index in [4.69, 9.17) is 9.63 Å². The van der Waals surface area contributed by atoms with Crippen molar-refractivity contribution < 1.29 is 14.4 Å². The highest BCUT2D eigenvalue weighted by molar-refractivity contribution is 5.66. The summed E-state index contributed by atoms with van der Waals surface area (Å²) in [5.74, 6) is 0.246. The number of aryl methyl sites for hydroxylation is 2. The molecule has 0 aromatic carbocycles. The molecule has 0 bridgehead atoms. The van der Waals surface area contributed by atoms with Crippen molar-refractivity contribution in [3.63, 3.8) is 0 Å². The number of unbranched alkanes of at least 4 members (excludes halogenated alkanes) is 1. The first kappa shape index (κ1) is 12.3. The van der Waals surface area contributed by atoms with Crippen molar-refractivity contribution in [1.29, 1.82) is 0 Å². The zero-order valence-electron chi connectivity index (χ0n) is 10.0. The van der Waals surface area contributed by atoms with E-state index in [1.165, 1.54) is 0 Å². The van der Waals surface area contributed by atoms with Gasteiger partial charge in [-0.15, -0.1) is 0 Å². The van der Waals surface area contributed by atoms with Crippen LogP contribution in [0.2, 0.25) is 0 Å². The highest BCUT2D eigenvalue weighted by atomic mass is 16.5. The van der Waals surface area contributed by atoms with E-state index in [0.717, 1.165) is 12.1 Å². The molecule has 0 aliphatic carbocycles. The summed E-state index contributed by atoms with van der Waals surface area (Å²) in [6.45, 7) is 0. The van der Waals surface area contributed by atoms with E-state index in [1.54, 1.807) is 17.1 Å². The largest absolute Gasteiger partial charge is 0.481 e. The fraction of sp³-hybridized carbons (Fsp3) is 0.455. The van der Waals surface area contributed by atoms with Gasteiger partial charge in [-0.2, -0.15) is 4.98 Å². The summed E-state index contributed by atoms with van der Waals surface area (Å²) in [6, 6.07) is 0. The maximum Gasteiger partial charge on any atom is 0.303 e. The topological polar surface area (TPSA) is 94.0 Å². The quantitative estimate of drug-likeness (QED) is 0.776. The predicted molar refractivity (Wildman–Crippen MR) is 61.7 cm³/mol. The molecule has 2 aromatic rings. The number of imidazole rings is 1. The summed E-state index contributed by atoms with van der Waals surface area (Å²) in [6.07, 6.45) is 5.43. The molecule has 0 radical (unpaired) electrons. The van der Waals surface area contributed by atoms with Crippen LogP contribution >= 0.6 is 0 Å². The molecular weight excluding hydrogens is 236 g/mol. The van der Waals surface area contributed by atoms with Gasteiger partial charge in [0.2, 0.25) is 11.7 Å². The molecule has 2 aromatic heterocycles. The summed E-state index contributed by atoms with van der Waals surface area (Å²) in [5, 5.41) is 12.4. The van der Waals surface area contributed by atoms with Crippen LogP contribution in [0.3, 0.4) is 0 Å². The molecular formula is C11H14N4O3. The molecule has 0 saturated carbocycles. The van der Waals surface area contributed by atoms with Gasteiger partial charge in [0, 0.05) is 19.9 Å². The highest BCUT2D eigenvalue weighted by Gasteiger charge is 2.11. The van der Waals surface area contributed by atoms with Crippen LogP contribution in [0, 0.1) is 0 Å². The van der Waals surface area contributed by atoms with Crippen molar-refractivity contribution >= 4 is 5.97 Å². The van der Waals surface area contributed by atoms with Gasteiger partial charge in [0.25, 0.3) is 0 Å². The fourth-order valence-electron chi connectivity index (χ4n) is 1.59. The van der Waals surface area contributed by atoms with Gasteiger partial charge in [-0.1, -0.05) is 5.16 Å². The molecule has 0 amide bonds. The number of carbonyl (C=O) groups is 1. The van der Waals surface area contributed by atoms with Gasteiger partial charge in [-0.05, 0) is 12.8 Å². The normalized spacial score (nSPS) is 10.7. The van der Waals surface area contributed by atoms with E-state index in [-0.39, 0.29) is 6.42 Å². The molecule has 0 spiro atoms. The van der Waals surface area contributed by atoms with Crippen LogP contribution < -0.4 is 0 Å². The summed E-state index contributed by atoms with van der Waals surface area (Å²) >= 11 is 0. The van der Waals surface area contributed by atoms with E-state index >= 15 is 0 Å². The van der Waals surface area contributed by atoms with Crippen molar-refractivity contribution in [2.24, 2.45) is 7.05 Å². The second kappa shape index (κ2) is 5.44. The van der Waals surface area contributed by atoms with Crippen LogP contribution in [0.25, 0.3) is 11.5 Å². The second-order valence-corrected chi connectivity index (χ2v) is 4.00. The summed E-state index contributed by atoms with van der Waals surface area (Å²) < 4.78 is 6.91. The molecule has 0 atom stereocenters. The van der Waals surface area contributed by atoms with Gasteiger partial charge in [0.05, 0.1) is 12.5 Å². The van der Waals surface area contributed by atoms with Crippen molar-refractivity contribution in [2.45, 2.75) is 25.7 Å². The summed E-state index contributed by atoms with van der Waals surface area (Å²) in [5.41, 5.74) is 0.788. The Morgan fingerprint density at radius 2 is 2.33 bits per heavy atom. The van der Waals surface area contributed by atoms with Crippen molar-refractivity contribution in [3.8, 4) is 11.5 Å². The highest BCUT2D eigenvalue weighted by Crippen LogP contribution is 2.15. The van der Waals surface area contributed by atoms with Gasteiger partial charge in [0.15, 0.2) is 0 Å². The fourth-order valence-corrected chi connectivity index (χ4v) is 1.59. The standard InChI is InChI=1S/C11H14N4O3/c1-15-7-12-6-8(15)11-13-9(18-14-11)4-2-3-5-10(16)17/h6-7H,2-5H2,1H3,(H,16,17). The lowest BCUT2D eigenvalue weighted by molar-refractivity contribution is -0.137. The number of rotatable bonds is 6. The minimum atomic E-state index is -0.781. The van der Waals surface area contributed by atoms with E-state index in [1.807, 2.05) is 7.05 Å². The SMILES string of the molecule is Cn1cncc1-c1noc(CCCCC(=O)O)n1. The zero-order valence-corrected chi connectivity index (χ0v) is 10.0. The van der Waals surface area contributed by atoms with Crippen molar-refractivity contribution in [2.75, 3.05) is 0 Å². The Morgan fingerprint density at radius 3 is 3.00 bits per heavy atom. The maximum absolute atomic E-state index is 10.3. The molecule has 0 saturated heterocycles. The van der Waals surface area contributed by atoms with Crippen LogP contribution in [0.4, 0.5) is 0 Å². The second-order valence-electron chi connectivity index (χ2n) is 4.00. The molecule has 0 unspecified atom stereocenters. The third-order valence-corrected chi connectivity index (χ3v) is 2.55. The van der Waals surface area contributed by atoms with Crippen LogP contribution in [-0.2, 0) is 18.3 Å². The molecule has 0 aliphatic rings. The molecule has 0 fully saturated rings. The third kappa shape index (κ3) is 2.93. The molecule has 2 rings (SSSR count). The average molecular weight is 250 g/mol. The Labute approximate surface area is 103 Å². The monoisotopic (exact) mass is 250 g/mol. The van der Waals surface area contributed by atoms with E-state index in [2.05, 4.69) is 15.1 Å². The number of carboxylic acids is 1. The molecule has 18 heavy (non-hydrogen) atoms. The lowest BCUT2D eigenvalue weighted by Crippen LogP contribution is -1.95. The first-order chi connectivity index (χ1) is 8.66. The van der Waals surface area contributed by atoms with Crippen LogP contribution in [-0.4, -0.2) is 30.8 Å². The molecule has 96 valence electrons. The van der Waals surface area contributed by atoms with E-state index in [9.17, 15) is 4.79 Å². The van der Waals surface area contributed by atoms with Gasteiger partial charge in [-0.3, -0.25) is 4.79 Å². The Bertz CT molecular complexity index is 532. The Hall–Kier alpha value is -2.18. The number of carboxylic acid groups (broad SMARTS) is 1. The smallest absolute Gasteiger partial charge is 0.303 e. The molecule has 1 N–H and O–H groups in total. The number of hydrogen-bond donors (Lipinski definition) is 1. The van der Waals surface area contributed by atoms with Gasteiger partial charge < -0.3 is 14.2 Å². The Morgan fingerprint density at radius 1 is 1.50 bits per heavy atom. The number of hydrogen-bond acceptors (Lipinski definition) is 5.